The number of carbonyl (C=O) groups is 1. The standard InChI is InChI=1S/C16H20BrNOS/c1-4-5-10-18-15(19)20-14(16(18,2)3)11-12-6-8-13(17)9-7-12/h6-9,11H,4-5,10H2,1-3H3/b14-11-. The van der Waals surface area contributed by atoms with Gasteiger partial charge in [-0.15, -0.1) is 0 Å². The van der Waals surface area contributed by atoms with Crippen LogP contribution < -0.4 is 0 Å². The Hall–Kier alpha value is -0.740. The lowest BCUT2D eigenvalue weighted by Crippen LogP contribution is -2.41. The van der Waals surface area contributed by atoms with Crippen molar-refractivity contribution in [1.82, 2.24) is 4.90 Å². The molecule has 2 nitrogen and oxygen atoms in total. The van der Waals surface area contributed by atoms with Gasteiger partial charge in [-0.1, -0.05) is 41.4 Å². The highest BCUT2D eigenvalue weighted by molar-refractivity contribution is 9.10. The molecule has 1 amide bonds. The number of thioether (sulfide) groups is 1. The minimum absolute atomic E-state index is 0.173. The molecule has 4 heteroatoms. The van der Waals surface area contributed by atoms with Gasteiger partial charge < -0.3 is 4.90 Å². The summed E-state index contributed by atoms with van der Waals surface area (Å²) in [6, 6.07) is 8.17. The molecular formula is C16H20BrNOS. The smallest absolute Gasteiger partial charge is 0.286 e. The van der Waals surface area contributed by atoms with Crippen LogP contribution in [0.2, 0.25) is 0 Å². The molecule has 1 saturated heterocycles. The monoisotopic (exact) mass is 353 g/mol. The number of hydrogen-bond donors (Lipinski definition) is 0. The average Bonchev–Trinajstić information content (AvgIpc) is 2.60. The molecule has 1 aromatic carbocycles. The molecule has 0 radical (unpaired) electrons. The maximum Gasteiger partial charge on any atom is 0.286 e. The SMILES string of the molecule is CCCCN1C(=O)S/C(=C\c2ccc(Br)cc2)C1(C)C. The van der Waals surface area contributed by atoms with Gasteiger partial charge in [0, 0.05) is 15.9 Å². The Balaban J connectivity index is 2.24. The lowest BCUT2D eigenvalue weighted by molar-refractivity contribution is 0.186. The van der Waals surface area contributed by atoms with Crippen LogP contribution in [0.5, 0.6) is 0 Å². The molecule has 0 bridgehead atoms. The van der Waals surface area contributed by atoms with Gasteiger partial charge in [0.25, 0.3) is 5.24 Å². The van der Waals surface area contributed by atoms with Crippen LogP contribution in [0.3, 0.4) is 0 Å². The van der Waals surface area contributed by atoms with E-state index < -0.39 is 0 Å². The summed E-state index contributed by atoms with van der Waals surface area (Å²) < 4.78 is 1.07. The molecule has 20 heavy (non-hydrogen) atoms. The van der Waals surface area contributed by atoms with Crippen molar-refractivity contribution in [3.8, 4) is 0 Å². The molecular weight excluding hydrogens is 334 g/mol. The van der Waals surface area contributed by atoms with E-state index in [2.05, 4.69) is 54.9 Å². The molecule has 0 spiro atoms. The Morgan fingerprint density at radius 2 is 1.95 bits per heavy atom. The van der Waals surface area contributed by atoms with E-state index in [0.29, 0.717) is 0 Å². The van der Waals surface area contributed by atoms with E-state index in [9.17, 15) is 4.79 Å². The Kier molecular flexibility index (Phi) is 4.97. The number of carbonyl (C=O) groups excluding carboxylic acids is 1. The van der Waals surface area contributed by atoms with Gasteiger partial charge in [-0.3, -0.25) is 4.79 Å². The number of unbranched alkanes of at least 4 members (excludes halogenated alkanes) is 1. The summed E-state index contributed by atoms with van der Waals surface area (Å²) in [5.74, 6) is 0. The maximum absolute atomic E-state index is 12.2. The third-order valence-corrected chi connectivity index (χ3v) is 5.36. The Morgan fingerprint density at radius 3 is 2.55 bits per heavy atom. The van der Waals surface area contributed by atoms with Crippen molar-refractivity contribution in [3.05, 3.63) is 39.2 Å². The number of nitrogens with zero attached hydrogens (tertiary/aromatic N) is 1. The lowest BCUT2D eigenvalue weighted by atomic mass is 10.0. The fourth-order valence-corrected chi connectivity index (χ4v) is 3.68. The van der Waals surface area contributed by atoms with Gasteiger partial charge in [-0.2, -0.15) is 0 Å². The summed E-state index contributed by atoms with van der Waals surface area (Å²) in [5, 5.41) is 0.173. The number of rotatable bonds is 4. The molecule has 0 saturated carbocycles. The second-order valence-corrected chi connectivity index (χ2v) is 7.40. The normalized spacial score (nSPS) is 19.9. The van der Waals surface area contributed by atoms with Crippen LogP contribution in [0.25, 0.3) is 6.08 Å². The van der Waals surface area contributed by atoms with E-state index in [1.807, 2.05) is 17.0 Å². The van der Waals surface area contributed by atoms with Crippen molar-refractivity contribution < 1.29 is 4.79 Å². The van der Waals surface area contributed by atoms with Crippen LogP contribution >= 0.6 is 27.7 Å². The van der Waals surface area contributed by atoms with Crippen molar-refractivity contribution in [2.45, 2.75) is 39.2 Å². The zero-order chi connectivity index (χ0) is 14.8. The number of hydrogen-bond acceptors (Lipinski definition) is 2. The minimum atomic E-state index is -0.204. The van der Waals surface area contributed by atoms with Crippen LogP contribution in [-0.2, 0) is 0 Å². The van der Waals surface area contributed by atoms with E-state index in [4.69, 9.17) is 0 Å². The largest absolute Gasteiger partial charge is 0.324 e. The Labute approximate surface area is 133 Å². The van der Waals surface area contributed by atoms with Gasteiger partial charge in [0.1, 0.15) is 0 Å². The van der Waals surface area contributed by atoms with E-state index in [-0.39, 0.29) is 10.8 Å². The topological polar surface area (TPSA) is 20.3 Å². The van der Waals surface area contributed by atoms with Gasteiger partial charge in [0.05, 0.1) is 5.54 Å². The highest BCUT2D eigenvalue weighted by Crippen LogP contribution is 2.44. The van der Waals surface area contributed by atoms with Crippen LogP contribution in [-0.4, -0.2) is 22.2 Å². The summed E-state index contributed by atoms with van der Waals surface area (Å²) in [5.41, 5.74) is 0.929. The highest BCUT2D eigenvalue weighted by Gasteiger charge is 2.42. The van der Waals surface area contributed by atoms with Crippen molar-refractivity contribution in [2.75, 3.05) is 6.54 Å². The minimum Gasteiger partial charge on any atom is -0.324 e. The van der Waals surface area contributed by atoms with E-state index >= 15 is 0 Å². The van der Waals surface area contributed by atoms with Crippen LogP contribution in [0.1, 0.15) is 39.2 Å². The number of halogens is 1. The molecule has 0 N–H and O–H groups in total. The molecule has 0 aromatic heterocycles. The predicted octanol–water partition coefficient (Wildman–Crippen LogP) is 5.54. The van der Waals surface area contributed by atoms with Gasteiger partial charge in [0.2, 0.25) is 0 Å². The highest BCUT2D eigenvalue weighted by atomic mass is 79.9. The molecule has 2 rings (SSSR count). The second-order valence-electron chi connectivity index (χ2n) is 5.49. The lowest BCUT2D eigenvalue weighted by Gasteiger charge is -2.31. The first-order chi connectivity index (χ1) is 9.45. The third kappa shape index (κ3) is 3.29. The van der Waals surface area contributed by atoms with Crippen LogP contribution in [0.15, 0.2) is 33.6 Å². The average molecular weight is 354 g/mol. The zero-order valence-electron chi connectivity index (χ0n) is 12.1. The van der Waals surface area contributed by atoms with Crippen molar-refractivity contribution in [3.63, 3.8) is 0 Å². The van der Waals surface area contributed by atoms with Crippen molar-refractivity contribution >= 4 is 39.0 Å². The van der Waals surface area contributed by atoms with Crippen LogP contribution in [0.4, 0.5) is 4.79 Å². The summed E-state index contributed by atoms with van der Waals surface area (Å²) >= 11 is 4.81. The summed E-state index contributed by atoms with van der Waals surface area (Å²) in [4.78, 5) is 15.3. The van der Waals surface area contributed by atoms with Crippen molar-refractivity contribution in [1.29, 1.82) is 0 Å². The molecule has 1 aliphatic rings. The first-order valence-electron chi connectivity index (χ1n) is 6.92. The summed E-state index contributed by atoms with van der Waals surface area (Å²) in [6.07, 6.45) is 4.29. The Morgan fingerprint density at radius 1 is 1.30 bits per heavy atom. The van der Waals surface area contributed by atoms with E-state index in [1.54, 1.807) is 0 Å². The zero-order valence-corrected chi connectivity index (χ0v) is 14.6. The van der Waals surface area contributed by atoms with Gasteiger partial charge in [-0.25, -0.2) is 0 Å². The van der Waals surface area contributed by atoms with E-state index in [0.717, 1.165) is 34.3 Å². The molecule has 1 aromatic rings. The fraction of sp³-hybridized carbons (Fsp3) is 0.438. The molecule has 108 valence electrons. The van der Waals surface area contributed by atoms with Crippen molar-refractivity contribution in [2.24, 2.45) is 0 Å². The first-order valence-corrected chi connectivity index (χ1v) is 8.53. The molecule has 1 fully saturated rings. The van der Waals surface area contributed by atoms with Crippen LogP contribution in [0, 0.1) is 0 Å². The molecule has 0 atom stereocenters. The summed E-state index contributed by atoms with van der Waals surface area (Å²) in [6.45, 7) is 7.25. The van der Waals surface area contributed by atoms with Gasteiger partial charge in [-0.05, 0) is 55.8 Å². The van der Waals surface area contributed by atoms with E-state index in [1.165, 1.54) is 11.8 Å². The summed E-state index contributed by atoms with van der Waals surface area (Å²) in [7, 11) is 0. The number of amides is 1. The maximum atomic E-state index is 12.2. The molecule has 1 heterocycles. The third-order valence-electron chi connectivity index (χ3n) is 3.60. The second kappa shape index (κ2) is 6.35. The Bertz CT molecular complexity index is 522. The molecule has 0 aliphatic carbocycles. The quantitative estimate of drug-likeness (QED) is 0.708. The van der Waals surface area contributed by atoms with Gasteiger partial charge in [0.15, 0.2) is 0 Å². The fourth-order valence-electron chi connectivity index (χ4n) is 2.24. The molecule has 1 aliphatic heterocycles. The predicted molar refractivity (Wildman–Crippen MR) is 90.8 cm³/mol. The van der Waals surface area contributed by atoms with Gasteiger partial charge >= 0.3 is 0 Å². The first kappa shape index (κ1) is 15.6. The number of benzene rings is 1. The molecule has 0 unspecified atom stereocenters.